The van der Waals surface area contributed by atoms with Gasteiger partial charge in [0.25, 0.3) is 0 Å². The van der Waals surface area contributed by atoms with Gasteiger partial charge in [0.2, 0.25) is 5.91 Å². The Kier molecular flexibility index (Phi) is 6.28. The molecule has 0 aliphatic heterocycles. The standard InChI is InChI=1S/C14H26N2O3/c1-11-6-8-14(9-7-11,13(18)19-3)16-12(17)5-4-10-15-2/h11,15H,4-10H2,1-3H3,(H,16,17). The van der Waals surface area contributed by atoms with Crippen molar-refractivity contribution < 1.29 is 14.3 Å². The monoisotopic (exact) mass is 270 g/mol. The van der Waals surface area contributed by atoms with Crippen molar-refractivity contribution in [2.75, 3.05) is 20.7 Å². The zero-order valence-electron chi connectivity index (χ0n) is 12.3. The van der Waals surface area contributed by atoms with E-state index in [-0.39, 0.29) is 11.9 Å². The highest BCUT2D eigenvalue weighted by atomic mass is 16.5. The summed E-state index contributed by atoms with van der Waals surface area (Å²) in [6.07, 6.45) is 4.47. The van der Waals surface area contributed by atoms with E-state index in [1.807, 2.05) is 7.05 Å². The van der Waals surface area contributed by atoms with Gasteiger partial charge in [0.15, 0.2) is 0 Å². The van der Waals surface area contributed by atoms with Crippen molar-refractivity contribution >= 4 is 11.9 Å². The van der Waals surface area contributed by atoms with Crippen LogP contribution in [0.2, 0.25) is 0 Å². The number of nitrogens with one attached hydrogen (secondary N) is 2. The SMILES string of the molecule is CNCCCC(=O)NC1(C(=O)OC)CCC(C)CC1. The van der Waals surface area contributed by atoms with E-state index < -0.39 is 5.54 Å². The van der Waals surface area contributed by atoms with Crippen molar-refractivity contribution in [2.45, 2.75) is 51.0 Å². The largest absolute Gasteiger partial charge is 0.467 e. The summed E-state index contributed by atoms with van der Waals surface area (Å²) in [5.41, 5.74) is -0.794. The molecule has 0 atom stereocenters. The highest BCUT2D eigenvalue weighted by Crippen LogP contribution is 2.33. The molecule has 0 aromatic heterocycles. The molecule has 0 radical (unpaired) electrons. The fourth-order valence-corrected chi connectivity index (χ4v) is 2.59. The quantitative estimate of drug-likeness (QED) is 0.562. The Labute approximate surface area is 115 Å². The molecule has 1 rings (SSSR count). The van der Waals surface area contributed by atoms with Gasteiger partial charge in [-0.05, 0) is 51.6 Å². The van der Waals surface area contributed by atoms with Crippen LogP contribution in [0.5, 0.6) is 0 Å². The maximum absolute atomic E-state index is 12.0. The lowest BCUT2D eigenvalue weighted by molar-refractivity contribution is -0.153. The minimum absolute atomic E-state index is 0.0600. The first-order valence-corrected chi connectivity index (χ1v) is 7.08. The molecule has 2 N–H and O–H groups in total. The van der Waals surface area contributed by atoms with Crippen molar-refractivity contribution in [3.05, 3.63) is 0 Å². The van der Waals surface area contributed by atoms with Crippen LogP contribution in [-0.2, 0) is 14.3 Å². The van der Waals surface area contributed by atoms with E-state index in [0.717, 1.165) is 25.8 Å². The third kappa shape index (κ3) is 4.49. The molecule has 1 aliphatic rings. The highest BCUT2D eigenvalue weighted by Gasteiger charge is 2.43. The molecule has 110 valence electrons. The highest BCUT2D eigenvalue weighted by molar-refractivity contribution is 5.88. The molecule has 1 saturated carbocycles. The summed E-state index contributed by atoms with van der Waals surface area (Å²) < 4.78 is 4.89. The third-order valence-corrected chi connectivity index (χ3v) is 3.91. The van der Waals surface area contributed by atoms with Crippen LogP contribution < -0.4 is 10.6 Å². The van der Waals surface area contributed by atoms with Crippen LogP contribution in [0.1, 0.15) is 45.4 Å². The molecule has 0 aromatic carbocycles. The average Bonchev–Trinajstić information content (AvgIpc) is 2.41. The van der Waals surface area contributed by atoms with E-state index in [1.54, 1.807) is 0 Å². The van der Waals surface area contributed by atoms with Gasteiger partial charge in [-0.15, -0.1) is 0 Å². The van der Waals surface area contributed by atoms with Gasteiger partial charge in [0, 0.05) is 6.42 Å². The molecule has 5 heteroatoms. The Morgan fingerprint density at radius 1 is 1.32 bits per heavy atom. The average molecular weight is 270 g/mol. The molecule has 0 heterocycles. The normalized spacial score (nSPS) is 26.8. The lowest BCUT2D eigenvalue weighted by Crippen LogP contribution is -2.56. The zero-order chi connectivity index (χ0) is 14.3. The second kappa shape index (κ2) is 7.48. The van der Waals surface area contributed by atoms with Gasteiger partial charge in [-0.3, -0.25) is 4.79 Å². The number of carbonyl (C=O) groups is 2. The number of amides is 1. The van der Waals surface area contributed by atoms with Crippen LogP contribution in [-0.4, -0.2) is 38.1 Å². The van der Waals surface area contributed by atoms with Crippen molar-refractivity contribution in [3.63, 3.8) is 0 Å². The summed E-state index contributed by atoms with van der Waals surface area (Å²) in [4.78, 5) is 24.0. The molecular formula is C14H26N2O3. The van der Waals surface area contributed by atoms with Crippen molar-refractivity contribution in [1.29, 1.82) is 0 Å². The number of methoxy groups -OCH3 is 1. The lowest BCUT2D eigenvalue weighted by atomic mass is 9.77. The predicted molar refractivity (Wildman–Crippen MR) is 73.7 cm³/mol. The molecule has 0 unspecified atom stereocenters. The summed E-state index contributed by atoms with van der Waals surface area (Å²) in [5.74, 6) is 0.246. The smallest absolute Gasteiger partial charge is 0.331 e. The molecule has 1 amide bonds. The van der Waals surface area contributed by atoms with Gasteiger partial charge < -0.3 is 15.4 Å². The van der Waals surface area contributed by atoms with E-state index in [9.17, 15) is 9.59 Å². The second-order valence-corrected chi connectivity index (χ2v) is 5.51. The fourth-order valence-electron chi connectivity index (χ4n) is 2.59. The zero-order valence-corrected chi connectivity index (χ0v) is 12.3. The summed E-state index contributed by atoms with van der Waals surface area (Å²) >= 11 is 0. The number of rotatable bonds is 6. The van der Waals surface area contributed by atoms with Gasteiger partial charge in [-0.25, -0.2) is 4.79 Å². The van der Waals surface area contributed by atoms with Gasteiger partial charge >= 0.3 is 5.97 Å². The minimum atomic E-state index is -0.794. The summed E-state index contributed by atoms with van der Waals surface area (Å²) in [7, 11) is 3.24. The first kappa shape index (κ1) is 16.0. The molecule has 19 heavy (non-hydrogen) atoms. The molecule has 1 aliphatic carbocycles. The molecule has 1 fully saturated rings. The lowest BCUT2D eigenvalue weighted by Gasteiger charge is -2.37. The number of ether oxygens (including phenoxy) is 1. The molecule has 5 nitrogen and oxygen atoms in total. The Bertz CT molecular complexity index is 310. The summed E-state index contributed by atoms with van der Waals surface area (Å²) in [5, 5.41) is 5.93. The van der Waals surface area contributed by atoms with Crippen LogP contribution in [0.3, 0.4) is 0 Å². The fraction of sp³-hybridized carbons (Fsp3) is 0.857. The van der Waals surface area contributed by atoms with Gasteiger partial charge in [0.1, 0.15) is 5.54 Å². The maximum Gasteiger partial charge on any atom is 0.331 e. The van der Waals surface area contributed by atoms with Gasteiger partial charge in [0.05, 0.1) is 7.11 Å². The predicted octanol–water partition coefficient (Wildman–Crippen LogP) is 1.22. The van der Waals surface area contributed by atoms with Crippen LogP contribution in [0.25, 0.3) is 0 Å². The molecule has 0 saturated heterocycles. The van der Waals surface area contributed by atoms with Crippen LogP contribution in [0, 0.1) is 5.92 Å². The van der Waals surface area contributed by atoms with Crippen LogP contribution in [0.4, 0.5) is 0 Å². The van der Waals surface area contributed by atoms with E-state index in [4.69, 9.17) is 4.74 Å². The number of esters is 1. The van der Waals surface area contributed by atoms with Crippen molar-refractivity contribution in [2.24, 2.45) is 5.92 Å². The molecule has 0 aromatic rings. The van der Waals surface area contributed by atoms with Crippen LogP contribution >= 0.6 is 0 Å². The first-order valence-electron chi connectivity index (χ1n) is 7.08. The Balaban J connectivity index is 2.60. The van der Waals surface area contributed by atoms with E-state index in [1.165, 1.54) is 7.11 Å². The summed E-state index contributed by atoms with van der Waals surface area (Å²) in [6, 6.07) is 0. The number of hydrogen-bond acceptors (Lipinski definition) is 4. The minimum Gasteiger partial charge on any atom is -0.467 e. The van der Waals surface area contributed by atoms with Crippen molar-refractivity contribution in [1.82, 2.24) is 10.6 Å². The first-order chi connectivity index (χ1) is 9.04. The third-order valence-electron chi connectivity index (χ3n) is 3.91. The van der Waals surface area contributed by atoms with Gasteiger partial charge in [-0.1, -0.05) is 6.92 Å². The maximum atomic E-state index is 12.0. The molecule has 0 spiro atoms. The topological polar surface area (TPSA) is 67.4 Å². The van der Waals surface area contributed by atoms with Gasteiger partial charge in [-0.2, -0.15) is 0 Å². The van der Waals surface area contributed by atoms with E-state index in [2.05, 4.69) is 17.6 Å². The Hall–Kier alpha value is -1.10. The van der Waals surface area contributed by atoms with Crippen molar-refractivity contribution in [3.8, 4) is 0 Å². The second-order valence-electron chi connectivity index (χ2n) is 5.51. The Morgan fingerprint density at radius 2 is 1.95 bits per heavy atom. The van der Waals surface area contributed by atoms with Crippen LogP contribution in [0.15, 0.2) is 0 Å². The number of hydrogen-bond donors (Lipinski definition) is 2. The molecular weight excluding hydrogens is 244 g/mol. The molecule has 0 bridgehead atoms. The van der Waals surface area contributed by atoms with E-state index in [0.29, 0.717) is 25.2 Å². The number of carbonyl (C=O) groups excluding carboxylic acids is 2. The Morgan fingerprint density at radius 3 is 2.47 bits per heavy atom. The van der Waals surface area contributed by atoms with E-state index >= 15 is 0 Å². The summed E-state index contributed by atoms with van der Waals surface area (Å²) in [6.45, 7) is 2.98.